The van der Waals surface area contributed by atoms with Gasteiger partial charge in [0, 0.05) is 12.6 Å². The molecule has 0 aliphatic heterocycles. The summed E-state index contributed by atoms with van der Waals surface area (Å²) >= 11 is 0. The second-order valence-electron chi connectivity index (χ2n) is 5.30. The summed E-state index contributed by atoms with van der Waals surface area (Å²) in [5, 5.41) is 2.65. The van der Waals surface area contributed by atoms with Crippen molar-refractivity contribution in [3.63, 3.8) is 0 Å². The van der Waals surface area contributed by atoms with E-state index in [1.807, 2.05) is 0 Å². The van der Waals surface area contributed by atoms with Gasteiger partial charge in [0.25, 0.3) is 0 Å². The van der Waals surface area contributed by atoms with Gasteiger partial charge in [0.1, 0.15) is 0 Å². The molecular weight excluding hydrogens is 436 g/mol. The zero-order valence-electron chi connectivity index (χ0n) is 13.3. The number of ether oxygens (including phenoxy) is 1. The molecule has 3 N–H and O–H groups in total. The van der Waals surface area contributed by atoms with Crippen molar-refractivity contribution in [1.29, 1.82) is 0 Å². The summed E-state index contributed by atoms with van der Waals surface area (Å²) in [6.07, 6.45) is -2.32. The van der Waals surface area contributed by atoms with Crippen LogP contribution in [0.5, 0.6) is 5.75 Å². The van der Waals surface area contributed by atoms with Gasteiger partial charge in [-0.3, -0.25) is 9.89 Å². The van der Waals surface area contributed by atoms with Crippen LogP contribution < -0.4 is 15.8 Å². The topological polar surface area (TPSA) is 62.9 Å². The molecule has 0 saturated heterocycles. The normalized spacial score (nSPS) is 15.1. The highest BCUT2D eigenvalue weighted by Crippen LogP contribution is 2.29. The number of hydrogen-bond donors (Lipinski definition) is 2. The van der Waals surface area contributed by atoms with Crippen molar-refractivity contribution < 1.29 is 17.9 Å². The second kappa shape index (κ2) is 9.30. The molecule has 1 fully saturated rings. The molecule has 0 unspecified atom stereocenters. The largest absolute Gasteiger partial charge is 0.573 e. The molecule has 1 aromatic rings. The van der Waals surface area contributed by atoms with E-state index in [4.69, 9.17) is 5.73 Å². The number of rotatable bonds is 7. The summed E-state index contributed by atoms with van der Waals surface area (Å²) in [5.41, 5.74) is 5.87. The summed E-state index contributed by atoms with van der Waals surface area (Å²) in [5.74, 6) is -0.276. The van der Waals surface area contributed by atoms with Crippen LogP contribution in [-0.4, -0.2) is 42.9 Å². The number of halogens is 4. The van der Waals surface area contributed by atoms with Crippen LogP contribution in [0.3, 0.4) is 0 Å². The van der Waals surface area contributed by atoms with E-state index in [2.05, 4.69) is 26.9 Å². The van der Waals surface area contributed by atoms with Crippen LogP contribution in [0.25, 0.3) is 0 Å². The number of nitrogens with zero attached hydrogens (tertiary/aromatic N) is 2. The molecule has 0 bridgehead atoms. The summed E-state index contributed by atoms with van der Waals surface area (Å²) in [6.45, 7) is 4.32. The third-order valence-electron chi connectivity index (χ3n) is 3.51. The van der Waals surface area contributed by atoms with E-state index in [0.29, 0.717) is 12.6 Å². The quantitative estimate of drug-likeness (QED) is 0.374. The first-order chi connectivity index (χ1) is 10.9. The van der Waals surface area contributed by atoms with Gasteiger partial charge in [-0.2, -0.15) is 0 Å². The number of hydrogen-bond acceptors (Lipinski definition) is 3. The van der Waals surface area contributed by atoms with Gasteiger partial charge in [-0.1, -0.05) is 19.1 Å². The highest BCUT2D eigenvalue weighted by Gasteiger charge is 2.32. The van der Waals surface area contributed by atoms with Crippen LogP contribution in [0.1, 0.15) is 19.8 Å². The van der Waals surface area contributed by atoms with Crippen LogP contribution in [-0.2, 0) is 0 Å². The van der Waals surface area contributed by atoms with Gasteiger partial charge in [0.15, 0.2) is 11.7 Å². The maximum absolute atomic E-state index is 12.4. The molecule has 136 valence electrons. The molecular formula is C15H22F3IN4O. The Labute approximate surface area is 156 Å². The molecule has 1 aromatic carbocycles. The molecule has 0 heterocycles. The van der Waals surface area contributed by atoms with Gasteiger partial charge < -0.3 is 15.8 Å². The molecule has 1 aliphatic carbocycles. The second-order valence-corrected chi connectivity index (χ2v) is 5.30. The number of para-hydroxylation sites is 2. The predicted molar refractivity (Wildman–Crippen MR) is 98.9 cm³/mol. The maximum Gasteiger partial charge on any atom is 0.573 e. The minimum absolute atomic E-state index is 0. The summed E-state index contributed by atoms with van der Waals surface area (Å²) in [4.78, 5) is 6.48. The fraction of sp³-hybridized carbons (Fsp3) is 0.533. The van der Waals surface area contributed by atoms with Gasteiger partial charge in [0.05, 0.1) is 12.2 Å². The Morgan fingerprint density at radius 2 is 2.04 bits per heavy atom. The van der Waals surface area contributed by atoms with E-state index in [1.54, 1.807) is 6.07 Å². The highest BCUT2D eigenvalue weighted by atomic mass is 127. The van der Waals surface area contributed by atoms with Crippen molar-refractivity contribution in [2.24, 2.45) is 10.7 Å². The Bertz CT molecular complexity index is 550. The number of aliphatic imine (C=N–C) groups is 1. The fourth-order valence-electron chi connectivity index (χ4n) is 2.30. The van der Waals surface area contributed by atoms with Crippen LogP contribution in [0.2, 0.25) is 0 Å². The number of guanidine groups is 1. The molecule has 0 atom stereocenters. The van der Waals surface area contributed by atoms with E-state index >= 15 is 0 Å². The molecule has 5 nitrogen and oxygen atoms in total. The van der Waals surface area contributed by atoms with Crippen LogP contribution >= 0.6 is 24.0 Å². The molecule has 24 heavy (non-hydrogen) atoms. The smallest absolute Gasteiger partial charge is 0.404 e. The maximum atomic E-state index is 12.4. The van der Waals surface area contributed by atoms with Crippen LogP contribution in [0.4, 0.5) is 18.9 Å². The lowest BCUT2D eigenvalue weighted by Gasteiger charge is -2.18. The Morgan fingerprint density at radius 1 is 1.38 bits per heavy atom. The van der Waals surface area contributed by atoms with Crippen molar-refractivity contribution in [3.05, 3.63) is 24.3 Å². The monoisotopic (exact) mass is 458 g/mol. The number of anilines is 1. The first-order valence-electron chi connectivity index (χ1n) is 7.55. The van der Waals surface area contributed by atoms with E-state index in [0.717, 1.165) is 13.1 Å². The molecule has 0 radical (unpaired) electrons. The number of nitrogens with two attached hydrogens (primary N) is 1. The van der Waals surface area contributed by atoms with E-state index in [9.17, 15) is 13.2 Å². The molecule has 1 saturated carbocycles. The molecule has 1 aliphatic rings. The van der Waals surface area contributed by atoms with Crippen molar-refractivity contribution in [3.8, 4) is 5.75 Å². The lowest BCUT2D eigenvalue weighted by atomic mass is 10.3. The number of benzene rings is 1. The van der Waals surface area contributed by atoms with E-state index in [-0.39, 0.29) is 41.4 Å². The minimum Gasteiger partial charge on any atom is -0.404 e. The number of likely N-dealkylation sites (N-methyl/N-ethyl adjacent to an activating group) is 1. The van der Waals surface area contributed by atoms with Gasteiger partial charge >= 0.3 is 6.36 Å². The Morgan fingerprint density at radius 3 is 2.62 bits per heavy atom. The first-order valence-corrected chi connectivity index (χ1v) is 7.55. The summed E-state index contributed by atoms with van der Waals surface area (Å²) < 4.78 is 41.0. The molecule has 0 amide bonds. The number of alkyl halides is 3. The van der Waals surface area contributed by atoms with Gasteiger partial charge in [-0.05, 0) is 31.5 Å². The average molecular weight is 458 g/mol. The lowest BCUT2D eigenvalue weighted by Crippen LogP contribution is -2.30. The molecule has 0 spiro atoms. The third-order valence-corrected chi connectivity index (χ3v) is 3.51. The van der Waals surface area contributed by atoms with Crippen molar-refractivity contribution >= 4 is 35.6 Å². The Kier molecular flexibility index (Phi) is 8.07. The summed E-state index contributed by atoms with van der Waals surface area (Å²) in [6, 6.07) is 6.35. The first kappa shape index (κ1) is 20.8. The Hall–Kier alpha value is -1.23. The van der Waals surface area contributed by atoms with E-state index in [1.165, 1.54) is 31.0 Å². The summed E-state index contributed by atoms with van der Waals surface area (Å²) in [7, 11) is 0. The predicted octanol–water partition coefficient (Wildman–Crippen LogP) is 3.41. The minimum atomic E-state index is -4.75. The zero-order chi connectivity index (χ0) is 16.9. The number of nitrogens with one attached hydrogen (secondary N) is 1. The molecule has 2 rings (SSSR count). The zero-order valence-corrected chi connectivity index (χ0v) is 15.7. The lowest BCUT2D eigenvalue weighted by molar-refractivity contribution is -0.274. The van der Waals surface area contributed by atoms with Crippen LogP contribution in [0.15, 0.2) is 29.3 Å². The van der Waals surface area contributed by atoms with Gasteiger partial charge in [0.2, 0.25) is 0 Å². The van der Waals surface area contributed by atoms with Gasteiger partial charge in [-0.25, -0.2) is 0 Å². The highest BCUT2D eigenvalue weighted by molar-refractivity contribution is 14.0. The van der Waals surface area contributed by atoms with Crippen molar-refractivity contribution in [2.45, 2.75) is 32.2 Å². The SMILES string of the molecule is CCN(CCN=C(N)Nc1ccccc1OC(F)(F)F)C1CC1.I. The standard InChI is InChI=1S/C15H21F3N4O.HI/c1-2-22(11-7-8-11)10-9-20-14(19)21-12-5-3-4-6-13(12)23-15(16,17)18;/h3-6,11H,2,7-10H2,1H3,(H3,19,20,21);1H. The van der Waals surface area contributed by atoms with Crippen molar-refractivity contribution in [2.75, 3.05) is 25.0 Å². The molecule has 0 aromatic heterocycles. The fourth-order valence-corrected chi connectivity index (χ4v) is 2.30. The van der Waals surface area contributed by atoms with E-state index < -0.39 is 6.36 Å². The molecule has 9 heteroatoms. The Balaban J connectivity index is 0.00000288. The average Bonchev–Trinajstić information content (AvgIpc) is 3.29. The van der Waals surface area contributed by atoms with Gasteiger partial charge in [-0.15, -0.1) is 37.1 Å². The third kappa shape index (κ3) is 7.12. The van der Waals surface area contributed by atoms with Crippen molar-refractivity contribution in [1.82, 2.24) is 4.90 Å². The van der Waals surface area contributed by atoms with Crippen LogP contribution in [0, 0.1) is 0 Å².